The summed E-state index contributed by atoms with van der Waals surface area (Å²) >= 11 is 12.2. The van der Waals surface area contributed by atoms with Crippen LogP contribution in [-0.2, 0) is 6.42 Å². The maximum atomic E-state index is 6.20. The van der Waals surface area contributed by atoms with Gasteiger partial charge in [-0.2, -0.15) is 0 Å². The van der Waals surface area contributed by atoms with Gasteiger partial charge in [-0.3, -0.25) is 4.98 Å². The molecule has 0 fully saturated rings. The summed E-state index contributed by atoms with van der Waals surface area (Å²) in [5.74, 6) is 0. The van der Waals surface area contributed by atoms with Crippen molar-refractivity contribution >= 4 is 23.2 Å². The number of hydrogen-bond acceptors (Lipinski definition) is 2. The molecule has 1 atom stereocenters. The number of nitrogens with one attached hydrogen (secondary N) is 1. The zero-order valence-corrected chi connectivity index (χ0v) is 12.2. The molecule has 0 aliphatic heterocycles. The smallest absolute Gasteiger partial charge is 0.0639 e. The van der Waals surface area contributed by atoms with Crippen molar-refractivity contribution in [3.05, 3.63) is 63.9 Å². The van der Waals surface area contributed by atoms with E-state index < -0.39 is 0 Å². The molecule has 1 heterocycles. The van der Waals surface area contributed by atoms with E-state index >= 15 is 0 Å². The fraction of sp³-hybridized carbons (Fsp3) is 0.267. The minimum absolute atomic E-state index is 0.169. The van der Waals surface area contributed by atoms with Gasteiger partial charge in [0.1, 0.15) is 0 Å². The Labute approximate surface area is 123 Å². The van der Waals surface area contributed by atoms with Crippen molar-refractivity contribution in [3.63, 3.8) is 0 Å². The Kier molecular flexibility index (Phi) is 5.20. The van der Waals surface area contributed by atoms with Crippen LogP contribution in [0.3, 0.4) is 0 Å². The van der Waals surface area contributed by atoms with Crippen LogP contribution in [0.1, 0.15) is 24.1 Å². The molecular formula is C15H16Cl2N2. The third-order valence-corrected chi connectivity index (χ3v) is 3.87. The number of benzene rings is 1. The lowest BCUT2D eigenvalue weighted by Crippen LogP contribution is -2.21. The number of halogens is 2. The van der Waals surface area contributed by atoms with E-state index in [1.54, 1.807) is 12.3 Å². The third kappa shape index (κ3) is 3.93. The molecule has 0 radical (unpaired) electrons. The first kappa shape index (κ1) is 14.3. The van der Waals surface area contributed by atoms with Crippen LogP contribution in [0.25, 0.3) is 0 Å². The van der Waals surface area contributed by atoms with Gasteiger partial charge in [-0.15, -0.1) is 0 Å². The molecule has 0 saturated heterocycles. The van der Waals surface area contributed by atoms with Crippen molar-refractivity contribution < 1.29 is 0 Å². The highest BCUT2D eigenvalue weighted by atomic mass is 35.5. The first-order valence-corrected chi connectivity index (χ1v) is 7.00. The number of aromatic nitrogens is 1. The van der Waals surface area contributed by atoms with Gasteiger partial charge in [-0.05, 0) is 43.1 Å². The summed E-state index contributed by atoms with van der Waals surface area (Å²) in [5, 5.41) is 4.67. The van der Waals surface area contributed by atoms with E-state index in [2.05, 4.69) is 23.3 Å². The quantitative estimate of drug-likeness (QED) is 0.890. The number of rotatable bonds is 5. The maximum absolute atomic E-state index is 6.20. The predicted molar refractivity (Wildman–Crippen MR) is 80.8 cm³/mol. The Morgan fingerprint density at radius 2 is 2.05 bits per heavy atom. The molecule has 0 bridgehead atoms. The Morgan fingerprint density at radius 1 is 1.21 bits per heavy atom. The monoisotopic (exact) mass is 294 g/mol. The second kappa shape index (κ2) is 6.90. The zero-order chi connectivity index (χ0) is 13.7. The fourth-order valence-corrected chi connectivity index (χ4v) is 2.42. The summed E-state index contributed by atoms with van der Waals surface area (Å²) in [6, 6.07) is 9.91. The number of hydrogen-bond donors (Lipinski definition) is 1. The average Bonchev–Trinajstić information content (AvgIpc) is 2.43. The van der Waals surface area contributed by atoms with E-state index in [4.69, 9.17) is 23.2 Å². The van der Waals surface area contributed by atoms with Crippen LogP contribution in [0.4, 0.5) is 0 Å². The lowest BCUT2D eigenvalue weighted by atomic mass is 10.1. The van der Waals surface area contributed by atoms with E-state index in [9.17, 15) is 0 Å². The first-order chi connectivity index (χ1) is 9.18. The molecule has 0 aliphatic carbocycles. The lowest BCUT2D eigenvalue weighted by Gasteiger charge is -2.16. The second-order valence-electron chi connectivity index (χ2n) is 4.43. The van der Waals surface area contributed by atoms with Crippen molar-refractivity contribution in [2.75, 3.05) is 6.54 Å². The van der Waals surface area contributed by atoms with Crippen molar-refractivity contribution in [2.45, 2.75) is 19.4 Å². The number of pyridine rings is 1. The third-order valence-electron chi connectivity index (χ3n) is 3.03. The molecule has 100 valence electrons. The molecule has 4 heteroatoms. The van der Waals surface area contributed by atoms with Crippen molar-refractivity contribution in [1.29, 1.82) is 0 Å². The fourth-order valence-electron chi connectivity index (χ4n) is 1.94. The topological polar surface area (TPSA) is 24.9 Å². The van der Waals surface area contributed by atoms with Crippen LogP contribution < -0.4 is 5.32 Å². The highest BCUT2D eigenvalue weighted by Gasteiger charge is 2.10. The van der Waals surface area contributed by atoms with E-state index in [0.29, 0.717) is 10.0 Å². The van der Waals surface area contributed by atoms with Crippen LogP contribution >= 0.6 is 23.2 Å². The van der Waals surface area contributed by atoms with Crippen molar-refractivity contribution in [1.82, 2.24) is 10.3 Å². The molecular weight excluding hydrogens is 279 g/mol. The van der Waals surface area contributed by atoms with Crippen LogP contribution in [0.5, 0.6) is 0 Å². The molecule has 0 aliphatic rings. The minimum atomic E-state index is 0.169. The molecule has 1 N–H and O–H groups in total. The molecule has 19 heavy (non-hydrogen) atoms. The highest BCUT2D eigenvalue weighted by molar-refractivity contribution is 6.42. The van der Waals surface area contributed by atoms with Gasteiger partial charge in [0.2, 0.25) is 0 Å². The maximum Gasteiger partial charge on any atom is 0.0639 e. The highest BCUT2D eigenvalue weighted by Crippen LogP contribution is 2.29. The van der Waals surface area contributed by atoms with Crippen LogP contribution in [0.15, 0.2) is 42.7 Å². The Morgan fingerprint density at radius 3 is 2.79 bits per heavy atom. The van der Waals surface area contributed by atoms with Crippen molar-refractivity contribution in [3.8, 4) is 0 Å². The predicted octanol–water partition coefficient (Wildman–Crippen LogP) is 4.28. The largest absolute Gasteiger partial charge is 0.310 e. The molecule has 2 aromatic rings. The SMILES string of the molecule is CC(NCCc1cccnc1)c1cccc(Cl)c1Cl. The summed E-state index contributed by atoms with van der Waals surface area (Å²) < 4.78 is 0. The molecule has 2 nitrogen and oxygen atoms in total. The summed E-state index contributed by atoms with van der Waals surface area (Å²) in [5.41, 5.74) is 2.25. The van der Waals surface area contributed by atoms with Crippen LogP contribution in [0, 0.1) is 0 Å². The van der Waals surface area contributed by atoms with Gasteiger partial charge < -0.3 is 5.32 Å². The van der Waals surface area contributed by atoms with Gasteiger partial charge in [-0.1, -0.05) is 41.4 Å². The van der Waals surface area contributed by atoms with Crippen LogP contribution in [-0.4, -0.2) is 11.5 Å². The van der Waals surface area contributed by atoms with Gasteiger partial charge in [0.05, 0.1) is 10.0 Å². The standard InChI is InChI=1S/C15H16Cl2N2/c1-11(13-5-2-6-14(16)15(13)17)19-9-7-12-4-3-8-18-10-12/h2-6,8,10-11,19H,7,9H2,1H3. The van der Waals surface area contributed by atoms with Gasteiger partial charge in [0.15, 0.2) is 0 Å². The van der Waals surface area contributed by atoms with E-state index in [1.807, 2.05) is 24.4 Å². The molecule has 1 unspecified atom stereocenters. The first-order valence-electron chi connectivity index (χ1n) is 6.24. The van der Waals surface area contributed by atoms with Gasteiger partial charge in [0.25, 0.3) is 0 Å². The molecule has 0 spiro atoms. The zero-order valence-electron chi connectivity index (χ0n) is 10.7. The normalized spacial score (nSPS) is 12.4. The van der Waals surface area contributed by atoms with E-state index in [0.717, 1.165) is 18.5 Å². The summed E-state index contributed by atoms with van der Waals surface area (Å²) in [4.78, 5) is 4.10. The Hall–Kier alpha value is -1.09. The molecule has 1 aromatic carbocycles. The van der Waals surface area contributed by atoms with E-state index in [-0.39, 0.29) is 6.04 Å². The molecule has 2 rings (SSSR count). The Balaban J connectivity index is 1.91. The molecule has 0 saturated carbocycles. The molecule has 1 aromatic heterocycles. The second-order valence-corrected chi connectivity index (χ2v) is 5.22. The lowest BCUT2D eigenvalue weighted by molar-refractivity contribution is 0.576. The molecule has 0 amide bonds. The number of nitrogens with zero attached hydrogens (tertiary/aromatic N) is 1. The van der Waals surface area contributed by atoms with Gasteiger partial charge in [-0.25, -0.2) is 0 Å². The van der Waals surface area contributed by atoms with Crippen LogP contribution in [0.2, 0.25) is 10.0 Å². The average molecular weight is 295 g/mol. The Bertz CT molecular complexity index is 529. The summed E-state index contributed by atoms with van der Waals surface area (Å²) in [7, 11) is 0. The van der Waals surface area contributed by atoms with E-state index in [1.165, 1.54) is 5.56 Å². The van der Waals surface area contributed by atoms with Gasteiger partial charge in [0, 0.05) is 18.4 Å². The van der Waals surface area contributed by atoms with Crippen molar-refractivity contribution in [2.24, 2.45) is 0 Å². The van der Waals surface area contributed by atoms with Gasteiger partial charge >= 0.3 is 0 Å². The summed E-state index contributed by atoms with van der Waals surface area (Å²) in [6.07, 6.45) is 4.61. The summed E-state index contributed by atoms with van der Waals surface area (Å²) in [6.45, 7) is 2.95. The minimum Gasteiger partial charge on any atom is -0.310 e.